The second kappa shape index (κ2) is 5.05. The third-order valence-electron chi connectivity index (χ3n) is 2.55. The highest BCUT2D eigenvalue weighted by Crippen LogP contribution is 2.30. The Balaban J connectivity index is 1.95. The van der Waals surface area contributed by atoms with Crippen LogP contribution < -0.4 is 4.90 Å². The van der Waals surface area contributed by atoms with Gasteiger partial charge in [-0.05, 0) is 17.9 Å². The van der Waals surface area contributed by atoms with Gasteiger partial charge in [-0.25, -0.2) is 9.50 Å². The molecule has 18 heavy (non-hydrogen) atoms. The van der Waals surface area contributed by atoms with Gasteiger partial charge in [0.05, 0.1) is 11.9 Å². The summed E-state index contributed by atoms with van der Waals surface area (Å²) in [7, 11) is 0. The first-order chi connectivity index (χ1) is 8.88. The standard InChI is InChI=1S/C11H12N4OS2/c16-6-1-4-14(9-2-7-17-8-9)11-13-15-5-3-12-10(15)18-11/h2-3,5,7-8,16H,1,4,6H2. The molecule has 3 rings (SSSR count). The molecular formula is C11H12N4OS2. The molecule has 0 radical (unpaired) electrons. The van der Waals surface area contributed by atoms with Crippen LogP contribution >= 0.6 is 22.7 Å². The van der Waals surface area contributed by atoms with E-state index in [0.717, 1.165) is 28.7 Å². The van der Waals surface area contributed by atoms with Crippen LogP contribution in [0.25, 0.3) is 4.96 Å². The first kappa shape index (κ1) is 11.6. The summed E-state index contributed by atoms with van der Waals surface area (Å²) in [5.74, 6) is 0. The molecule has 0 bridgehead atoms. The summed E-state index contributed by atoms with van der Waals surface area (Å²) in [6, 6.07) is 2.06. The molecule has 0 spiro atoms. The van der Waals surface area contributed by atoms with Crippen molar-refractivity contribution in [1.29, 1.82) is 0 Å². The number of anilines is 2. The summed E-state index contributed by atoms with van der Waals surface area (Å²) < 4.78 is 1.78. The molecule has 94 valence electrons. The lowest BCUT2D eigenvalue weighted by Gasteiger charge is -2.19. The molecule has 0 saturated carbocycles. The number of aliphatic hydroxyl groups excluding tert-OH is 1. The van der Waals surface area contributed by atoms with Crippen molar-refractivity contribution < 1.29 is 5.11 Å². The number of rotatable bonds is 5. The zero-order valence-corrected chi connectivity index (χ0v) is 11.2. The Hall–Kier alpha value is -1.44. The van der Waals surface area contributed by atoms with Gasteiger partial charge in [0.15, 0.2) is 0 Å². The number of fused-ring (bicyclic) bond motifs is 1. The molecule has 3 aromatic heterocycles. The average molecular weight is 280 g/mol. The molecule has 0 aliphatic rings. The number of hydrogen-bond donors (Lipinski definition) is 1. The number of aliphatic hydroxyl groups is 1. The van der Waals surface area contributed by atoms with Gasteiger partial charge in [0.2, 0.25) is 10.1 Å². The molecule has 0 aromatic carbocycles. The van der Waals surface area contributed by atoms with E-state index >= 15 is 0 Å². The Morgan fingerprint density at radius 2 is 2.39 bits per heavy atom. The zero-order chi connectivity index (χ0) is 12.4. The summed E-state index contributed by atoms with van der Waals surface area (Å²) in [6.07, 6.45) is 4.30. The summed E-state index contributed by atoms with van der Waals surface area (Å²) in [5.41, 5.74) is 1.12. The van der Waals surface area contributed by atoms with Gasteiger partial charge < -0.3 is 10.0 Å². The number of thiophene rings is 1. The number of hydrogen-bond acceptors (Lipinski definition) is 6. The minimum atomic E-state index is 0.184. The first-order valence-electron chi connectivity index (χ1n) is 5.59. The fourth-order valence-corrected chi connectivity index (χ4v) is 3.26. The Morgan fingerprint density at radius 1 is 1.44 bits per heavy atom. The van der Waals surface area contributed by atoms with Crippen LogP contribution in [0.1, 0.15) is 6.42 Å². The molecule has 0 amide bonds. The van der Waals surface area contributed by atoms with Crippen LogP contribution in [0.15, 0.2) is 29.2 Å². The van der Waals surface area contributed by atoms with Crippen molar-refractivity contribution in [2.75, 3.05) is 18.1 Å². The molecule has 0 unspecified atom stereocenters. The van der Waals surface area contributed by atoms with Crippen molar-refractivity contribution in [2.24, 2.45) is 0 Å². The minimum absolute atomic E-state index is 0.184. The quantitative estimate of drug-likeness (QED) is 0.779. The molecule has 0 fully saturated rings. The fraction of sp³-hybridized carbons (Fsp3) is 0.273. The highest BCUT2D eigenvalue weighted by molar-refractivity contribution is 7.20. The molecular weight excluding hydrogens is 268 g/mol. The van der Waals surface area contributed by atoms with Gasteiger partial charge in [0, 0.05) is 24.7 Å². The van der Waals surface area contributed by atoms with E-state index in [1.54, 1.807) is 33.4 Å². The SMILES string of the molecule is OCCCN(c1ccsc1)c1nn2ccnc2s1. The topological polar surface area (TPSA) is 53.7 Å². The highest BCUT2D eigenvalue weighted by atomic mass is 32.1. The smallest absolute Gasteiger partial charge is 0.213 e. The van der Waals surface area contributed by atoms with Gasteiger partial charge in [-0.3, -0.25) is 0 Å². The summed E-state index contributed by atoms with van der Waals surface area (Å²) in [4.78, 5) is 7.23. The lowest BCUT2D eigenvalue weighted by molar-refractivity contribution is 0.291. The molecule has 5 nitrogen and oxygen atoms in total. The third-order valence-corrected chi connectivity index (χ3v) is 4.18. The fourth-order valence-electron chi connectivity index (χ4n) is 1.71. The van der Waals surface area contributed by atoms with Crippen molar-refractivity contribution >= 4 is 38.5 Å². The van der Waals surface area contributed by atoms with Crippen LogP contribution in [0.5, 0.6) is 0 Å². The van der Waals surface area contributed by atoms with E-state index in [9.17, 15) is 0 Å². The Bertz CT molecular complexity index is 587. The van der Waals surface area contributed by atoms with E-state index in [0.29, 0.717) is 0 Å². The maximum atomic E-state index is 9.00. The predicted octanol–water partition coefficient (Wildman–Crippen LogP) is 2.37. The van der Waals surface area contributed by atoms with Gasteiger partial charge in [-0.15, -0.1) is 5.10 Å². The van der Waals surface area contributed by atoms with Crippen molar-refractivity contribution in [1.82, 2.24) is 14.6 Å². The van der Waals surface area contributed by atoms with E-state index in [4.69, 9.17) is 5.11 Å². The second-order valence-corrected chi connectivity index (χ2v) is 5.46. The van der Waals surface area contributed by atoms with Crippen LogP contribution in [0.4, 0.5) is 10.8 Å². The van der Waals surface area contributed by atoms with Gasteiger partial charge in [0.25, 0.3) is 0 Å². The van der Waals surface area contributed by atoms with Gasteiger partial charge in [-0.2, -0.15) is 11.3 Å². The van der Waals surface area contributed by atoms with E-state index in [-0.39, 0.29) is 6.61 Å². The van der Waals surface area contributed by atoms with Gasteiger partial charge in [0.1, 0.15) is 0 Å². The predicted molar refractivity (Wildman–Crippen MR) is 73.9 cm³/mol. The number of nitrogens with zero attached hydrogens (tertiary/aromatic N) is 4. The maximum absolute atomic E-state index is 9.00. The lowest BCUT2D eigenvalue weighted by Crippen LogP contribution is -2.18. The third kappa shape index (κ3) is 2.12. The Morgan fingerprint density at radius 3 is 3.11 bits per heavy atom. The molecule has 1 N–H and O–H groups in total. The second-order valence-electron chi connectivity index (χ2n) is 3.75. The normalized spacial score (nSPS) is 11.2. The van der Waals surface area contributed by atoms with Crippen molar-refractivity contribution in [2.45, 2.75) is 6.42 Å². The molecule has 3 aromatic rings. The van der Waals surface area contributed by atoms with E-state index in [1.807, 2.05) is 11.6 Å². The zero-order valence-electron chi connectivity index (χ0n) is 9.56. The minimum Gasteiger partial charge on any atom is -0.396 e. The first-order valence-corrected chi connectivity index (χ1v) is 7.35. The summed E-state index contributed by atoms with van der Waals surface area (Å²) in [5, 5.41) is 18.5. The lowest BCUT2D eigenvalue weighted by atomic mass is 10.4. The molecule has 0 aliphatic heterocycles. The number of aromatic nitrogens is 3. The van der Waals surface area contributed by atoms with Crippen molar-refractivity contribution in [3.8, 4) is 0 Å². The highest BCUT2D eigenvalue weighted by Gasteiger charge is 2.15. The molecule has 0 saturated heterocycles. The average Bonchev–Trinajstić information content (AvgIpc) is 3.05. The maximum Gasteiger partial charge on any atom is 0.213 e. The number of imidazole rings is 1. The molecule has 0 aliphatic carbocycles. The molecule has 7 heteroatoms. The summed E-state index contributed by atoms with van der Waals surface area (Å²) >= 11 is 3.21. The van der Waals surface area contributed by atoms with Crippen LogP contribution in [0.2, 0.25) is 0 Å². The van der Waals surface area contributed by atoms with E-state index < -0.39 is 0 Å². The Labute approximate surface area is 112 Å². The summed E-state index contributed by atoms with van der Waals surface area (Å²) in [6.45, 7) is 0.938. The van der Waals surface area contributed by atoms with E-state index in [1.165, 1.54) is 0 Å². The van der Waals surface area contributed by atoms with Gasteiger partial charge in [-0.1, -0.05) is 11.3 Å². The molecule has 0 atom stereocenters. The Kier molecular flexibility index (Phi) is 3.26. The van der Waals surface area contributed by atoms with Crippen LogP contribution in [-0.2, 0) is 0 Å². The van der Waals surface area contributed by atoms with Crippen LogP contribution in [0, 0.1) is 0 Å². The molecule has 3 heterocycles. The van der Waals surface area contributed by atoms with Gasteiger partial charge >= 0.3 is 0 Å². The van der Waals surface area contributed by atoms with Crippen LogP contribution in [0.3, 0.4) is 0 Å². The van der Waals surface area contributed by atoms with Crippen molar-refractivity contribution in [3.63, 3.8) is 0 Å². The van der Waals surface area contributed by atoms with Crippen LogP contribution in [-0.4, -0.2) is 32.9 Å². The van der Waals surface area contributed by atoms with Crippen molar-refractivity contribution in [3.05, 3.63) is 29.2 Å². The van der Waals surface area contributed by atoms with E-state index in [2.05, 4.69) is 26.4 Å². The largest absolute Gasteiger partial charge is 0.396 e. The monoisotopic (exact) mass is 280 g/mol.